The molecule has 1 rings (SSSR count). The van der Waals surface area contributed by atoms with Crippen LogP contribution in [0.5, 0.6) is 0 Å². The lowest BCUT2D eigenvalue weighted by Crippen LogP contribution is -2.27. The molecule has 0 radical (unpaired) electrons. The van der Waals surface area contributed by atoms with Gasteiger partial charge in [-0.1, -0.05) is 64.7 Å². The van der Waals surface area contributed by atoms with E-state index in [0.717, 1.165) is 38.5 Å². The minimum Gasteiger partial charge on any atom is -0.481 e. The molecule has 0 amide bonds. The number of unbranched alkanes of at least 4 members (excludes halogenated alkanes) is 8. The zero-order valence-electron chi connectivity index (χ0n) is 15.4. The quantitative estimate of drug-likeness (QED) is 0.237. The Balaban J connectivity index is 2.20. The van der Waals surface area contributed by atoms with Gasteiger partial charge in [0.15, 0.2) is 0 Å². The highest BCUT2D eigenvalue weighted by Crippen LogP contribution is 2.35. The number of aliphatic carboxylic acids is 1. The van der Waals surface area contributed by atoms with Gasteiger partial charge in [-0.2, -0.15) is 8.42 Å². The highest BCUT2D eigenvalue weighted by Gasteiger charge is 2.48. The van der Waals surface area contributed by atoms with E-state index >= 15 is 0 Å². The van der Waals surface area contributed by atoms with Crippen molar-refractivity contribution in [2.24, 2.45) is 0 Å². The summed E-state index contributed by atoms with van der Waals surface area (Å²) in [7, 11) is -4.09. The summed E-state index contributed by atoms with van der Waals surface area (Å²) < 4.78 is 38.3. The molecular weight excluding hydrogens is 344 g/mol. The molecule has 1 aliphatic heterocycles. The van der Waals surface area contributed by atoms with Gasteiger partial charge in [-0.3, -0.25) is 9.35 Å². The third kappa shape index (κ3) is 10.2. The molecule has 148 valence electrons. The number of carbonyl (C=O) groups is 1. The Morgan fingerprint density at radius 2 is 1.60 bits per heavy atom. The number of ether oxygens (including phenoxy) is 1. The van der Waals surface area contributed by atoms with Gasteiger partial charge in [0, 0.05) is 6.42 Å². The number of hydrogen-bond acceptors (Lipinski definition) is 4. The van der Waals surface area contributed by atoms with Crippen LogP contribution in [0.3, 0.4) is 0 Å². The molecule has 0 aliphatic carbocycles. The number of epoxide rings is 1. The van der Waals surface area contributed by atoms with Crippen molar-refractivity contribution >= 4 is 16.1 Å². The molecule has 1 saturated heterocycles. The summed E-state index contributed by atoms with van der Waals surface area (Å²) in [6, 6.07) is 0. The topological polar surface area (TPSA) is 104 Å². The maximum absolute atomic E-state index is 11.6. The third-order valence-corrected chi connectivity index (χ3v) is 6.11. The van der Waals surface area contributed by atoms with Gasteiger partial charge in [0.25, 0.3) is 10.1 Å². The van der Waals surface area contributed by atoms with Crippen molar-refractivity contribution in [3.8, 4) is 0 Å². The molecule has 0 bridgehead atoms. The van der Waals surface area contributed by atoms with Gasteiger partial charge in [0.2, 0.25) is 0 Å². The van der Waals surface area contributed by atoms with E-state index in [-0.39, 0.29) is 18.6 Å². The van der Waals surface area contributed by atoms with E-state index in [9.17, 15) is 17.8 Å². The second-order valence-electron chi connectivity index (χ2n) is 7.10. The highest BCUT2D eigenvalue weighted by atomic mass is 32.2. The smallest absolute Gasteiger partial charge is 0.303 e. The Kier molecular flexibility index (Phi) is 10.6. The van der Waals surface area contributed by atoms with Crippen LogP contribution in [0, 0.1) is 0 Å². The largest absolute Gasteiger partial charge is 0.481 e. The first kappa shape index (κ1) is 22.4. The van der Waals surface area contributed by atoms with Crippen molar-refractivity contribution in [2.45, 2.75) is 108 Å². The number of carboxylic acid groups (broad SMARTS) is 1. The number of carboxylic acids is 1. The molecular formula is C18H34O6S. The Hall–Kier alpha value is -0.660. The number of rotatable bonds is 16. The molecule has 3 atom stereocenters. The zero-order chi connectivity index (χ0) is 18.7. The van der Waals surface area contributed by atoms with Gasteiger partial charge >= 0.3 is 5.97 Å². The lowest BCUT2D eigenvalue weighted by Gasteiger charge is -2.11. The van der Waals surface area contributed by atoms with Gasteiger partial charge in [0.1, 0.15) is 11.4 Å². The van der Waals surface area contributed by atoms with E-state index in [1.165, 1.54) is 19.3 Å². The molecule has 1 heterocycles. The van der Waals surface area contributed by atoms with Crippen LogP contribution in [-0.4, -0.2) is 41.5 Å². The molecule has 0 aromatic carbocycles. The second-order valence-corrected chi connectivity index (χ2v) is 8.73. The summed E-state index contributed by atoms with van der Waals surface area (Å²) in [6.45, 7) is 2.17. The molecule has 1 fully saturated rings. The van der Waals surface area contributed by atoms with Crippen molar-refractivity contribution in [3.05, 3.63) is 0 Å². The van der Waals surface area contributed by atoms with Gasteiger partial charge in [-0.25, -0.2) is 0 Å². The van der Waals surface area contributed by atoms with Crippen LogP contribution in [0.2, 0.25) is 0 Å². The van der Waals surface area contributed by atoms with Crippen molar-refractivity contribution in [3.63, 3.8) is 0 Å². The van der Waals surface area contributed by atoms with Crippen LogP contribution in [0.4, 0.5) is 0 Å². The molecule has 25 heavy (non-hydrogen) atoms. The fraction of sp³-hybridized carbons (Fsp3) is 0.944. The molecule has 6 nitrogen and oxygen atoms in total. The van der Waals surface area contributed by atoms with Gasteiger partial charge in [0.05, 0.1) is 6.10 Å². The minimum atomic E-state index is -4.09. The van der Waals surface area contributed by atoms with Crippen LogP contribution < -0.4 is 0 Å². The minimum absolute atomic E-state index is 0.0240. The average molecular weight is 379 g/mol. The van der Waals surface area contributed by atoms with Crippen molar-refractivity contribution in [1.29, 1.82) is 0 Å². The first-order valence-corrected chi connectivity index (χ1v) is 11.2. The van der Waals surface area contributed by atoms with Crippen LogP contribution in [-0.2, 0) is 19.6 Å². The van der Waals surface area contributed by atoms with Crippen molar-refractivity contribution < 1.29 is 27.6 Å². The SMILES string of the molecule is CCCCCCCC1O[C@H]1C(CCCCCCCC(=O)O)S(=O)(=O)O. The van der Waals surface area contributed by atoms with Gasteiger partial charge in [-0.05, 0) is 19.3 Å². The van der Waals surface area contributed by atoms with Crippen LogP contribution in [0.25, 0.3) is 0 Å². The Morgan fingerprint density at radius 3 is 2.24 bits per heavy atom. The number of hydrogen-bond donors (Lipinski definition) is 2. The third-order valence-electron chi connectivity index (χ3n) is 4.84. The molecule has 1 aliphatic rings. The fourth-order valence-electron chi connectivity index (χ4n) is 3.30. The predicted molar refractivity (Wildman–Crippen MR) is 97.3 cm³/mol. The first-order chi connectivity index (χ1) is 11.9. The summed E-state index contributed by atoms with van der Waals surface area (Å²) in [6.07, 6.45) is 10.8. The van der Waals surface area contributed by atoms with E-state index in [4.69, 9.17) is 9.84 Å². The maximum atomic E-state index is 11.6. The molecule has 0 spiro atoms. The average Bonchev–Trinajstić information content (AvgIpc) is 3.27. The molecule has 0 aromatic rings. The first-order valence-electron chi connectivity index (χ1n) is 9.69. The van der Waals surface area contributed by atoms with Gasteiger partial charge < -0.3 is 9.84 Å². The molecule has 0 saturated carbocycles. The maximum Gasteiger partial charge on any atom is 0.303 e. The highest BCUT2D eigenvalue weighted by molar-refractivity contribution is 7.86. The molecule has 7 heteroatoms. The Morgan fingerprint density at radius 1 is 1.00 bits per heavy atom. The molecule has 2 N–H and O–H groups in total. The second kappa shape index (κ2) is 11.9. The standard InChI is InChI=1S/C18H34O6S/c1-2-3-4-6-9-12-15-18(24-15)16(25(21,22)23)13-10-7-5-8-11-14-17(19)20/h15-16,18H,2-14H2,1H3,(H,19,20)(H,21,22,23)/t15?,16?,18-/m1/s1. The molecule has 0 aromatic heterocycles. The summed E-state index contributed by atoms with van der Waals surface area (Å²) in [4.78, 5) is 10.4. The lowest BCUT2D eigenvalue weighted by molar-refractivity contribution is -0.137. The van der Waals surface area contributed by atoms with E-state index in [1.807, 2.05) is 0 Å². The van der Waals surface area contributed by atoms with Gasteiger partial charge in [-0.15, -0.1) is 0 Å². The summed E-state index contributed by atoms with van der Waals surface area (Å²) in [5.41, 5.74) is 0. The Bertz CT molecular complexity index is 476. The van der Waals surface area contributed by atoms with Crippen LogP contribution in [0.15, 0.2) is 0 Å². The normalized spacial score (nSPS) is 21.2. The molecule has 2 unspecified atom stereocenters. The fourth-order valence-corrected chi connectivity index (χ4v) is 4.34. The Labute approximate surface area is 152 Å². The van der Waals surface area contributed by atoms with Crippen molar-refractivity contribution in [1.82, 2.24) is 0 Å². The van der Waals surface area contributed by atoms with Crippen LogP contribution >= 0.6 is 0 Å². The summed E-state index contributed by atoms with van der Waals surface area (Å²) >= 11 is 0. The van der Waals surface area contributed by atoms with E-state index in [0.29, 0.717) is 19.3 Å². The predicted octanol–water partition coefficient (Wildman–Crippen LogP) is 4.19. The zero-order valence-corrected chi connectivity index (χ0v) is 16.2. The summed E-state index contributed by atoms with van der Waals surface area (Å²) in [5, 5.41) is 7.75. The van der Waals surface area contributed by atoms with E-state index in [2.05, 4.69) is 6.92 Å². The van der Waals surface area contributed by atoms with E-state index in [1.54, 1.807) is 0 Å². The lowest BCUT2D eigenvalue weighted by atomic mass is 10.0. The van der Waals surface area contributed by atoms with E-state index < -0.39 is 21.3 Å². The summed E-state index contributed by atoms with van der Waals surface area (Å²) in [5.74, 6) is -0.780. The van der Waals surface area contributed by atoms with Crippen LogP contribution in [0.1, 0.15) is 90.4 Å². The monoisotopic (exact) mass is 378 g/mol. The van der Waals surface area contributed by atoms with Crippen molar-refractivity contribution in [2.75, 3.05) is 0 Å².